The van der Waals surface area contributed by atoms with E-state index in [-0.39, 0.29) is 5.91 Å². The monoisotopic (exact) mass is 361 g/mol. The number of nitrogens with zero attached hydrogens (tertiary/aromatic N) is 2. The van der Waals surface area contributed by atoms with Gasteiger partial charge in [-0.05, 0) is 71.2 Å². The summed E-state index contributed by atoms with van der Waals surface area (Å²) in [7, 11) is 3.94. The Kier molecular flexibility index (Phi) is 5.84. The van der Waals surface area contributed by atoms with Gasteiger partial charge in [0.1, 0.15) is 11.1 Å². The maximum absolute atomic E-state index is 13.0. The van der Waals surface area contributed by atoms with Crippen molar-refractivity contribution in [2.75, 3.05) is 30.9 Å². The standard InChI is InChI=1S/C20H31N3O3/c1-19(2,3)26-18(25)23-14-8-7-13-20(23,4)17(24)21-15-9-11-16(12-10-15)22(5)6/h9-12H,7-8,13-14H2,1-6H3,(H,21,24)/t20-/m1/s1. The fraction of sp³-hybridized carbons (Fsp3) is 0.600. The van der Waals surface area contributed by atoms with Crippen LogP contribution >= 0.6 is 0 Å². The second-order valence-corrected chi connectivity index (χ2v) is 8.26. The summed E-state index contributed by atoms with van der Waals surface area (Å²) in [5.41, 5.74) is 0.271. The van der Waals surface area contributed by atoms with Gasteiger partial charge in [-0.3, -0.25) is 9.69 Å². The van der Waals surface area contributed by atoms with Gasteiger partial charge in [-0.1, -0.05) is 0 Å². The van der Waals surface area contributed by atoms with Crippen molar-refractivity contribution in [3.8, 4) is 0 Å². The third-order valence-electron chi connectivity index (χ3n) is 4.64. The van der Waals surface area contributed by atoms with E-state index in [0.29, 0.717) is 13.0 Å². The number of carbonyl (C=O) groups excluding carboxylic acids is 2. The van der Waals surface area contributed by atoms with Crippen molar-refractivity contribution < 1.29 is 14.3 Å². The molecule has 2 rings (SSSR count). The number of hydrogen-bond donors (Lipinski definition) is 1. The molecular formula is C20H31N3O3. The summed E-state index contributed by atoms with van der Waals surface area (Å²) in [6.07, 6.45) is 1.97. The zero-order valence-corrected chi connectivity index (χ0v) is 16.8. The van der Waals surface area contributed by atoms with Gasteiger partial charge in [0, 0.05) is 32.0 Å². The molecule has 1 atom stereocenters. The fourth-order valence-electron chi connectivity index (χ4n) is 3.08. The van der Waals surface area contributed by atoms with Crippen molar-refractivity contribution in [2.24, 2.45) is 0 Å². The fourth-order valence-corrected chi connectivity index (χ4v) is 3.08. The topological polar surface area (TPSA) is 61.9 Å². The van der Waals surface area contributed by atoms with Gasteiger partial charge in [-0.25, -0.2) is 4.79 Å². The molecule has 1 aliphatic rings. The van der Waals surface area contributed by atoms with Crippen LogP contribution in [0.4, 0.5) is 16.2 Å². The SMILES string of the molecule is CN(C)c1ccc(NC(=O)[C@@]2(C)CCCCN2C(=O)OC(C)(C)C)cc1. The number of ether oxygens (including phenoxy) is 1. The minimum absolute atomic E-state index is 0.180. The number of hydrogen-bond acceptors (Lipinski definition) is 4. The van der Waals surface area contributed by atoms with E-state index in [2.05, 4.69) is 5.32 Å². The smallest absolute Gasteiger partial charge is 0.411 e. The molecule has 1 heterocycles. The largest absolute Gasteiger partial charge is 0.444 e. The molecule has 1 aromatic carbocycles. The van der Waals surface area contributed by atoms with Gasteiger partial charge in [0.2, 0.25) is 5.91 Å². The molecule has 1 aromatic rings. The normalized spacial score (nSPS) is 20.5. The molecule has 0 saturated carbocycles. The average molecular weight is 361 g/mol. The van der Waals surface area contributed by atoms with E-state index >= 15 is 0 Å². The van der Waals surface area contributed by atoms with Gasteiger partial charge < -0.3 is 15.0 Å². The van der Waals surface area contributed by atoms with E-state index in [1.54, 1.807) is 4.90 Å². The molecule has 0 spiro atoms. The summed E-state index contributed by atoms with van der Waals surface area (Å²) in [5, 5.41) is 2.96. The van der Waals surface area contributed by atoms with Crippen molar-refractivity contribution >= 4 is 23.4 Å². The number of anilines is 2. The van der Waals surface area contributed by atoms with E-state index in [4.69, 9.17) is 4.74 Å². The first kappa shape index (κ1) is 20.1. The van der Waals surface area contributed by atoms with Gasteiger partial charge in [-0.15, -0.1) is 0 Å². The molecule has 1 fully saturated rings. The lowest BCUT2D eigenvalue weighted by Gasteiger charge is -2.43. The molecule has 1 aliphatic heterocycles. The van der Waals surface area contributed by atoms with Gasteiger partial charge in [0.05, 0.1) is 0 Å². The van der Waals surface area contributed by atoms with Crippen LogP contribution in [-0.2, 0) is 9.53 Å². The molecule has 0 radical (unpaired) electrons. The van der Waals surface area contributed by atoms with Gasteiger partial charge in [0.25, 0.3) is 0 Å². The molecule has 6 nitrogen and oxygen atoms in total. The number of nitrogens with one attached hydrogen (secondary N) is 1. The van der Waals surface area contributed by atoms with Gasteiger partial charge >= 0.3 is 6.09 Å². The lowest BCUT2D eigenvalue weighted by atomic mass is 9.87. The summed E-state index contributed by atoms with van der Waals surface area (Å²) >= 11 is 0. The van der Waals surface area contributed by atoms with Crippen LogP contribution in [0.25, 0.3) is 0 Å². The Morgan fingerprint density at radius 2 is 1.77 bits per heavy atom. The Labute approximate surface area is 156 Å². The Morgan fingerprint density at radius 3 is 2.31 bits per heavy atom. The third kappa shape index (κ3) is 4.68. The van der Waals surface area contributed by atoms with Crippen LogP contribution in [0.1, 0.15) is 47.0 Å². The van der Waals surface area contributed by atoms with Gasteiger partial charge in [-0.2, -0.15) is 0 Å². The van der Waals surface area contributed by atoms with Crippen LogP contribution in [-0.4, -0.2) is 48.7 Å². The lowest BCUT2D eigenvalue weighted by molar-refractivity contribution is -0.129. The van der Waals surface area contributed by atoms with Crippen LogP contribution in [0.5, 0.6) is 0 Å². The van der Waals surface area contributed by atoms with Crippen molar-refractivity contribution in [2.45, 2.75) is 58.1 Å². The minimum Gasteiger partial charge on any atom is -0.444 e. The number of piperidine rings is 1. The zero-order valence-electron chi connectivity index (χ0n) is 16.8. The van der Waals surface area contributed by atoms with Crippen molar-refractivity contribution in [3.05, 3.63) is 24.3 Å². The van der Waals surface area contributed by atoms with Crippen LogP contribution in [0, 0.1) is 0 Å². The number of carbonyl (C=O) groups is 2. The zero-order chi connectivity index (χ0) is 19.5. The van der Waals surface area contributed by atoms with E-state index in [0.717, 1.165) is 24.2 Å². The number of benzene rings is 1. The molecule has 1 saturated heterocycles. The van der Waals surface area contributed by atoms with E-state index in [9.17, 15) is 9.59 Å². The summed E-state index contributed by atoms with van der Waals surface area (Å²) in [6.45, 7) is 7.84. The number of amides is 2. The van der Waals surface area contributed by atoms with Gasteiger partial charge in [0.15, 0.2) is 0 Å². The summed E-state index contributed by atoms with van der Waals surface area (Å²) < 4.78 is 5.52. The molecule has 6 heteroatoms. The van der Waals surface area contributed by atoms with E-state index in [1.807, 2.05) is 71.0 Å². The Morgan fingerprint density at radius 1 is 1.15 bits per heavy atom. The highest BCUT2D eigenvalue weighted by Gasteiger charge is 2.45. The highest BCUT2D eigenvalue weighted by Crippen LogP contribution is 2.31. The maximum Gasteiger partial charge on any atom is 0.411 e. The first-order valence-electron chi connectivity index (χ1n) is 9.12. The van der Waals surface area contributed by atoms with Crippen molar-refractivity contribution in [3.63, 3.8) is 0 Å². The Bertz CT molecular complexity index is 649. The molecule has 0 unspecified atom stereocenters. The summed E-state index contributed by atoms with van der Waals surface area (Å²) in [4.78, 5) is 29.2. The molecule has 2 amide bonds. The third-order valence-corrected chi connectivity index (χ3v) is 4.64. The maximum atomic E-state index is 13.0. The number of likely N-dealkylation sites (tertiary alicyclic amines) is 1. The lowest BCUT2D eigenvalue weighted by Crippen LogP contribution is -2.60. The van der Waals surface area contributed by atoms with Crippen molar-refractivity contribution in [1.29, 1.82) is 0 Å². The molecule has 1 N–H and O–H groups in total. The first-order valence-corrected chi connectivity index (χ1v) is 9.12. The van der Waals surface area contributed by atoms with Crippen molar-refractivity contribution in [1.82, 2.24) is 4.90 Å². The molecule has 0 bridgehead atoms. The number of rotatable bonds is 3. The second-order valence-electron chi connectivity index (χ2n) is 8.26. The molecule has 144 valence electrons. The summed E-state index contributed by atoms with van der Waals surface area (Å²) in [5.74, 6) is -0.180. The van der Waals surface area contributed by atoms with Crippen LogP contribution in [0.3, 0.4) is 0 Å². The quantitative estimate of drug-likeness (QED) is 0.888. The average Bonchev–Trinajstić information content (AvgIpc) is 2.54. The Balaban J connectivity index is 2.16. The van der Waals surface area contributed by atoms with E-state index < -0.39 is 17.2 Å². The molecular weight excluding hydrogens is 330 g/mol. The Hall–Kier alpha value is -2.24. The predicted octanol–water partition coefficient (Wildman–Crippen LogP) is 3.87. The van der Waals surface area contributed by atoms with Crippen LogP contribution in [0.2, 0.25) is 0 Å². The molecule has 0 aliphatic carbocycles. The van der Waals surface area contributed by atoms with Crippen LogP contribution < -0.4 is 10.2 Å². The molecule has 26 heavy (non-hydrogen) atoms. The highest BCUT2D eigenvalue weighted by atomic mass is 16.6. The summed E-state index contributed by atoms with van der Waals surface area (Å²) in [6, 6.07) is 7.64. The first-order chi connectivity index (χ1) is 12.0. The highest BCUT2D eigenvalue weighted by molar-refractivity contribution is 5.99. The van der Waals surface area contributed by atoms with E-state index in [1.165, 1.54) is 0 Å². The minimum atomic E-state index is -0.916. The predicted molar refractivity (Wildman–Crippen MR) is 105 cm³/mol. The molecule has 0 aromatic heterocycles. The van der Waals surface area contributed by atoms with Crippen LogP contribution in [0.15, 0.2) is 24.3 Å². The second kappa shape index (κ2) is 7.56.